The molecule has 0 aliphatic carbocycles. The number of hydrogen-bond donors (Lipinski definition) is 2. The number of carbonyl (C=O) groups excluding carboxylic acids is 1. The minimum Gasteiger partial charge on any atom is -0.415 e. The summed E-state index contributed by atoms with van der Waals surface area (Å²) in [7, 11) is 0. The minimum atomic E-state index is -1.29. The van der Waals surface area contributed by atoms with E-state index in [-0.39, 0.29) is 6.54 Å². The number of nitrogens with one attached hydrogen (secondary N) is 1. The van der Waals surface area contributed by atoms with Crippen molar-refractivity contribution in [1.82, 2.24) is 5.32 Å². The highest BCUT2D eigenvalue weighted by atomic mass is 16.7. The van der Waals surface area contributed by atoms with Crippen LogP contribution in [-0.2, 0) is 4.74 Å². The molecule has 1 aliphatic rings. The van der Waals surface area contributed by atoms with Gasteiger partial charge in [-0.3, -0.25) is 0 Å². The first-order valence-corrected chi connectivity index (χ1v) is 2.29. The van der Waals surface area contributed by atoms with E-state index in [9.17, 15) is 4.79 Å². The second-order valence-corrected chi connectivity index (χ2v) is 1.92. The summed E-state index contributed by atoms with van der Waals surface area (Å²) in [4.78, 5) is 10.2. The minimum absolute atomic E-state index is 0.172. The van der Waals surface area contributed by atoms with Crippen LogP contribution in [0.2, 0.25) is 0 Å². The Hall–Kier alpha value is -0.770. The molecule has 0 spiro atoms. The van der Waals surface area contributed by atoms with Crippen LogP contribution in [0, 0.1) is 0 Å². The lowest BCUT2D eigenvalue weighted by Crippen LogP contribution is -2.27. The molecule has 1 atom stereocenters. The largest absolute Gasteiger partial charge is 0.415 e. The van der Waals surface area contributed by atoms with Crippen LogP contribution < -0.4 is 5.32 Å². The molecular formula is C4H7NO3. The van der Waals surface area contributed by atoms with Gasteiger partial charge in [0.2, 0.25) is 5.79 Å². The summed E-state index contributed by atoms with van der Waals surface area (Å²) in [5, 5.41) is 11.2. The highest BCUT2D eigenvalue weighted by molar-refractivity contribution is 5.69. The second kappa shape index (κ2) is 1.35. The Morgan fingerprint density at radius 1 is 2.00 bits per heavy atom. The average molecular weight is 117 g/mol. The van der Waals surface area contributed by atoms with Gasteiger partial charge >= 0.3 is 6.09 Å². The van der Waals surface area contributed by atoms with Gasteiger partial charge in [-0.15, -0.1) is 0 Å². The van der Waals surface area contributed by atoms with E-state index >= 15 is 0 Å². The molecule has 8 heavy (non-hydrogen) atoms. The topological polar surface area (TPSA) is 58.6 Å². The van der Waals surface area contributed by atoms with Crippen molar-refractivity contribution >= 4 is 6.09 Å². The molecule has 1 aliphatic heterocycles. The molecule has 4 nitrogen and oxygen atoms in total. The van der Waals surface area contributed by atoms with Gasteiger partial charge in [-0.1, -0.05) is 0 Å². The van der Waals surface area contributed by atoms with Crippen molar-refractivity contribution in [3.8, 4) is 0 Å². The third-order valence-corrected chi connectivity index (χ3v) is 0.873. The first-order chi connectivity index (χ1) is 3.60. The second-order valence-electron chi connectivity index (χ2n) is 1.92. The molecule has 0 aromatic rings. The van der Waals surface area contributed by atoms with Gasteiger partial charge in [0.05, 0.1) is 6.54 Å². The Balaban J connectivity index is 2.56. The molecule has 0 saturated carbocycles. The van der Waals surface area contributed by atoms with Gasteiger partial charge in [0.15, 0.2) is 0 Å². The number of cyclic esters (lactones) is 1. The van der Waals surface area contributed by atoms with E-state index in [0.29, 0.717) is 0 Å². The Morgan fingerprint density at radius 3 is 2.75 bits per heavy atom. The van der Waals surface area contributed by atoms with Crippen LogP contribution in [0.25, 0.3) is 0 Å². The highest BCUT2D eigenvalue weighted by Gasteiger charge is 2.32. The fraction of sp³-hybridized carbons (Fsp3) is 0.750. The van der Waals surface area contributed by atoms with Gasteiger partial charge in [0.25, 0.3) is 0 Å². The summed E-state index contributed by atoms with van der Waals surface area (Å²) in [6.07, 6.45) is -0.560. The van der Waals surface area contributed by atoms with Crippen LogP contribution in [0.15, 0.2) is 0 Å². The van der Waals surface area contributed by atoms with Gasteiger partial charge in [0.1, 0.15) is 0 Å². The van der Waals surface area contributed by atoms with E-state index in [4.69, 9.17) is 5.11 Å². The number of alkyl carbamates (subject to hydrolysis) is 1. The summed E-state index contributed by atoms with van der Waals surface area (Å²) < 4.78 is 4.35. The number of ether oxygens (including phenoxy) is 1. The zero-order chi connectivity index (χ0) is 6.20. The lowest BCUT2D eigenvalue weighted by Gasteiger charge is -2.10. The third-order valence-electron chi connectivity index (χ3n) is 0.873. The maximum absolute atomic E-state index is 10.2. The molecule has 0 bridgehead atoms. The molecule has 1 heterocycles. The predicted molar refractivity (Wildman–Crippen MR) is 25.1 cm³/mol. The van der Waals surface area contributed by atoms with E-state index in [0.717, 1.165) is 0 Å². The molecule has 0 aromatic carbocycles. The van der Waals surface area contributed by atoms with Crippen molar-refractivity contribution in [3.05, 3.63) is 0 Å². The maximum Gasteiger partial charge on any atom is 0.409 e. The average Bonchev–Trinajstić information content (AvgIpc) is 1.82. The van der Waals surface area contributed by atoms with Crippen molar-refractivity contribution < 1.29 is 14.6 Å². The first kappa shape index (κ1) is 5.37. The fourth-order valence-electron chi connectivity index (χ4n) is 0.508. The fourth-order valence-corrected chi connectivity index (χ4v) is 0.508. The van der Waals surface area contributed by atoms with Crippen LogP contribution in [0.1, 0.15) is 6.92 Å². The zero-order valence-electron chi connectivity index (χ0n) is 4.47. The van der Waals surface area contributed by atoms with Gasteiger partial charge in [0, 0.05) is 6.92 Å². The van der Waals surface area contributed by atoms with Crippen LogP contribution >= 0.6 is 0 Å². The number of aliphatic hydroxyl groups is 1. The van der Waals surface area contributed by atoms with Crippen LogP contribution in [0.4, 0.5) is 4.79 Å². The number of β-amino-alcohol motifs (C(OH)–C–C–N with tert-alkyl or cyclic N) is 1. The lowest BCUT2D eigenvalue weighted by atomic mass is 10.3. The van der Waals surface area contributed by atoms with Gasteiger partial charge < -0.3 is 15.2 Å². The quantitative estimate of drug-likeness (QED) is 0.447. The van der Waals surface area contributed by atoms with E-state index in [1.54, 1.807) is 0 Å². The van der Waals surface area contributed by atoms with Crippen LogP contribution in [-0.4, -0.2) is 23.5 Å². The van der Waals surface area contributed by atoms with E-state index in [1.165, 1.54) is 6.92 Å². The smallest absolute Gasteiger partial charge is 0.409 e. The monoisotopic (exact) mass is 117 g/mol. The summed E-state index contributed by atoms with van der Waals surface area (Å²) in [6, 6.07) is 0. The van der Waals surface area contributed by atoms with Crippen molar-refractivity contribution in [2.24, 2.45) is 0 Å². The van der Waals surface area contributed by atoms with Crippen molar-refractivity contribution in [2.75, 3.05) is 6.54 Å². The summed E-state index contributed by atoms with van der Waals surface area (Å²) in [5.74, 6) is -1.29. The molecule has 1 saturated heterocycles. The number of rotatable bonds is 0. The standard InChI is InChI=1S/C4H7NO3/c1-4(7)2-5-3(6)8-4/h7H,2H2,1H3,(H,5,6). The maximum atomic E-state index is 10.2. The van der Waals surface area contributed by atoms with Gasteiger partial charge in [-0.25, -0.2) is 4.79 Å². The molecule has 1 amide bonds. The van der Waals surface area contributed by atoms with E-state index < -0.39 is 11.9 Å². The Kier molecular flexibility index (Phi) is 0.907. The lowest BCUT2D eigenvalue weighted by molar-refractivity contribution is -0.113. The molecule has 4 heteroatoms. The molecule has 2 N–H and O–H groups in total. The Labute approximate surface area is 46.4 Å². The summed E-state index contributed by atoms with van der Waals surface area (Å²) >= 11 is 0. The Morgan fingerprint density at radius 2 is 2.62 bits per heavy atom. The first-order valence-electron chi connectivity index (χ1n) is 2.29. The van der Waals surface area contributed by atoms with Crippen LogP contribution in [0.3, 0.4) is 0 Å². The number of amides is 1. The summed E-state index contributed by atoms with van der Waals surface area (Å²) in [5.41, 5.74) is 0. The normalized spacial score (nSPS) is 36.5. The van der Waals surface area contributed by atoms with E-state index in [2.05, 4.69) is 10.1 Å². The molecule has 0 radical (unpaired) electrons. The molecule has 1 rings (SSSR count). The molecule has 0 aromatic heterocycles. The Bertz CT molecular complexity index is 120. The molecular weight excluding hydrogens is 110 g/mol. The summed E-state index contributed by atoms with van der Waals surface area (Å²) in [6.45, 7) is 1.59. The number of hydrogen-bond acceptors (Lipinski definition) is 3. The molecule has 1 unspecified atom stereocenters. The van der Waals surface area contributed by atoms with Crippen molar-refractivity contribution in [1.29, 1.82) is 0 Å². The number of carbonyl (C=O) groups is 1. The molecule has 46 valence electrons. The third kappa shape index (κ3) is 0.894. The van der Waals surface area contributed by atoms with E-state index in [1.807, 2.05) is 0 Å². The van der Waals surface area contributed by atoms with Crippen LogP contribution in [0.5, 0.6) is 0 Å². The zero-order valence-corrected chi connectivity index (χ0v) is 4.47. The van der Waals surface area contributed by atoms with Crippen molar-refractivity contribution in [2.45, 2.75) is 12.7 Å². The van der Waals surface area contributed by atoms with Gasteiger partial charge in [-0.2, -0.15) is 0 Å². The van der Waals surface area contributed by atoms with Crippen molar-refractivity contribution in [3.63, 3.8) is 0 Å². The van der Waals surface area contributed by atoms with Gasteiger partial charge in [-0.05, 0) is 0 Å². The highest BCUT2D eigenvalue weighted by Crippen LogP contribution is 2.09. The predicted octanol–water partition coefficient (Wildman–Crippen LogP) is -0.565. The molecule has 1 fully saturated rings. The SMILES string of the molecule is CC1(O)CNC(=O)O1.